The molecule has 6 nitrogen and oxygen atoms in total. The Morgan fingerprint density at radius 2 is 1.90 bits per heavy atom. The Bertz CT molecular complexity index is 534. The molecule has 0 amide bonds. The molecule has 0 bridgehead atoms. The van der Waals surface area contributed by atoms with Crippen molar-refractivity contribution in [2.24, 2.45) is 18.9 Å². The van der Waals surface area contributed by atoms with Crippen molar-refractivity contribution in [3.05, 3.63) is 5.82 Å². The largest absolute Gasteiger partial charge is 0.308 e. The van der Waals surface area contributed by atoms with Gasteiger partial charge in [-0.3, -0.25) is 4.90 Å². The van der Waals surface area contributed by atoms with Gasteiger partial charge in [0.2, 0.25) is 0 Å². The lowest BCUT2D eigenvalue weighted by molar-refractivity contribution is -0.00881. The van der Waals surface area contributed by atoms with Gasteiger partial charge in [-0.05, 0) is 56.6 Å². The molecule has 0 spiro atoms. The number of rotatable bonds is 4. The molecule has 2 heterocycles. The maximum absolute atomic E-state index is 4.39. The third-order valence-corrected chi connectivity index (χ3v) is 5.91. The minimum Gasteiger partial charge on any atom is -0.308 e. The van der Waals surface area contributed by atoms with E-state index in [1.807, 2.05) is 7.05 Å². The molecule has 1 saturated heterocycles. The van der Waals surface area contributed by atoms with Gasteiger partial charge in [-0.2, -0.15) is 4.80 Å². The van der Waals surface area contributed by atoms with Crippen molar-refractivity contribution >= 4 is 0 Å². The minimum absolute atomic E-state index is 0.244. The van der Waals surface area contributed by atoms with Crippen LogP contribution in [0.3, 0.4) is 0 Å². The number of nitrogens with zero attached hydrogens (tertiary/aromatic N) is 5. The van der Waals surface area contributed by atoms with E-state index in [0.29, 0.717) is 0 Å². The fraction of sp³-hybridized carbons (Fsp3) is 0.933. The number of hydrogen-bond donors (Lipinski definition) is 1. The average Bonchev–Trinajstić information content (AvgIpc) is 3.33. The number of nitrogens with one attached hydrogen (secondary N) is 1. The lowest BCUT2D eigenvalue weighted by atomic mass is 9.83. The minimum atomic E-state index is 0.244. The summed E-state index contributed by atoms with van der Waals surface area (Å²) in [5.74, 6) is 2.52. The van der Waals surface area contributed by atoms with Gasteiger partial charge in [-0.1, -0.05) is 0 Å². The summed E-state index contributed by atoms with van der Waals surface area (Å²) in [6.45, 7) is 7.83. The monoisotopic (exact) mass is 290 g/mol. The van der Waals surface area contributed by atoms with Gasteiger partial charge in [0, 0.05) is 24.2 Å². The van der Waals surface area contributed by atoms with Crippen molar-refractivity contribution in [3.63, 3.8) is 0 Å². The number of hydrogen-bond acceptors (Lipinski definition) is 5. The first-order valence-corrected chi connectivity index (χ1v) is 8.23. The van der Waals surface area contributed by atoms with Crippen LogP contribution in [0.2, 0.25) is 0 Å². The number of aromatic nitrogens is 4. The maximum atomic E-state index is 4.39. The smallest absolute Gasteiger partial charge is 0.188 e. The van der Waals surface area contributed by atoms with E-state index in [-0.39, 0.29) is 11.1 Å². The second kappa shape index (κ2) is 4.49. The van der Waals surface area contributed by atoms with Gasteiger partial charge in [-0.15, -0.1) is 10.2 Å². The molecule has 0 radical (unpaired) electrons. The molecule has 2 aliphatic carbocycles. The van der Waals surface area contributed by atoms with Crippen LogP contribution in [0.4, 0.5) is 0 Å². The molecule has 3 fully saturated rings. The van der Waals surface area contributed by atoms with E-state index in [4.69, 9.17) is 0 Å². The summed E-state index contributed by atoms with van der Waals surface area (Å²) in [4.78, 5) is 4.20. The van der Waals surface area contributed by atoms with Gasteiger partial charge in [-0.25, -0.2) is 0 Å². The molecule has 1 aromatic heterocycles. The van der Waals surface area contributed by atoms with E-state index in [2.05, 4.69) is 39.5 Å². The van der Waals surface area contributed by atoms with Crippen LogP contribution in [0.25, 0.3) is 0 Å². The van der Waals surface area contributed by atoms with Crippen molar-refractivity contribution in [2.45, 2.75) is 57.2 Å². The fourth-order valence-electron chi connectivity index (χ4n) is 4.02. The Kier molecular flexibility index (Phi) is 2.92. The lowest BCUT2D eigenvalue weighted by Crippen LogP contribution is -2.69. The molecule has 4 rings (SSSR count). The van der Waals surface area contributed by atoms with E-state index in [9.17, 15) is 0 Å². The molecular formula is C15H26N6. The van der Waals surface area contributed by atoms with E-state index in [1.54, 1.807) is 4.80 Å². The van der Waals surface area contributed by atoms with E-state index in [1.165, 1.54) is 25.7 Å². The van der Waals surface area contributed by atoms with Crippen molar-refractivity contribution < 1.29 is 0 Å². The average molecular weight is 290 g/mol. The second-order valence-corrected chi connectivity index (χ2v) is 7.73. The van der Waals surface area contributed by atoms with Crippen molar-refractivity contribution in [1.82, 2.24) is 30.4 Å². The highest BCUT2D eigenvalue weighted by Gasteiger charge is 2.54. The summed E-state index contributed by atoms with van der Waals surface area (Å²) < 4.78 is 0. The molecule has 2 unspecified atom stereocenters. The highest BCUT2D eigenvalue weighted by molar-refractivity contribution is 5.12. The van der Waals surface area contributed by atoms with Gasteiger partial charge >= 0.3 is 0 Å². The number of piperazine rings is 1. The normalized spacial score (nSPS) is 37.9. The van der Waals surface area contributed by atoms with Crippen LogP contribution >= 0.6 is 0 Å². The summed E-state index contributed by atoms with van der Waals surface area (Å²) >= 11 is 0. The first kappa shape index (κ1) is 13.6. The van der Waals surface area contributed by atoms with Gasteiger partial charge in [0.05, 0.1) is 13.6 Å². The Hall–Kier alpha value is -1.01. The number of aryl methyl sites for hydroxylation is 1. The van der Waals surface area contributed by atoms with Gasteiger partial charge < -0.3 is 5.32 Å². The molecule has 2 atom stereocenters. The number of tetrazole rings is 1. The zero-order valence-electron chi connectivity index (χ0n) is 13.3. The first-order valence-electron chi connectivity index (χ1n) is 8.23. The molecule has 2 saturated carbocycles. The molecule has 6 heteroatoms. The van der Waals surface area contributed by atoms with Crippen LogP contribution in [0, 0.1) is 11.8 Å². The summed E-state index contributed by atoms with van der Waals surface area (Å²) in [7, 11) is 1.84. The van der Waals surface area contributed by atoms with Crippen LogP contribution in [0.1, 0.15) is 45.4 Å². The second-order valence-electron chi connectivity index (χ2n) is 7.73. The Morgan fingerprint density at radius 3 is 2.48 bits per heavy atom. The van der Waals surface area contributed by atoms with Crippen LogP contribution in [-0.2, 0) is 13.6 Å². The zero-order chi connectivity index (χ0) is 14.7. The third-order valence-electron chi connectivity index (χ3n) is 5.91. The Labute approximate surface area is 126 Å². The molecule has 1 aromatic rings. The van der Waals surface area contributed by atoms with Gasteiger partial charge in [0.25, 0.3) is 0 Å². The summed E-state index contributed by atoms with van der Waals surface area (Å²) in [6, 6.07) is 0. The van der Waals surface area contributed by atoms with Gasteiger partial charge in [0.15, 0.2) is 5.82 Å². The predicted molar refractivity (Wildman–Crippen MR) is 79.5 cm³/mol. The Morgan fingerprint density at radius 1 is 1.19 bits per heavy atom. The van der Waals surface area contributed by atoms with Gasteiger partial charge in [0.1, 0.15) is 0 Å². The van der Waals surface area contributed by atoms with E-state index >= 15 is 0 Å². The molecule has 1 N–H and O–H groups in total. The molecule has 3 aliphatic rings. The molecule has 21 heavy (non-hydrogen) atoms. The summed E-state index contributed by atoms with van der Waals surface area (Å²) in [5.41, 5.74) is 0.504. The van der Waals surface area contributed by atoms with Crippen molar-refractivity contribution in [3.8, 4) is 0 Å². The predicted octanol–water partition coefficient (Wildman–Crippen LogP) is 0.953. The molecule has 0 aromatic carbocycles. The lowest BCUT2D eigenvalue weighted by Gasteiger charge is -2.52. The van der Waals surface area contributed by atoms with Crippen LogP contribution in [-0.4, -0.2) is 49.3 Å². The standard InChI is InChI=1S/C15H26N6/c1-14(11-4-5-11)10-21(8-13-17-19-20(3)18-13)15(2,9-16-14)12-6-7-12/h11-12,16H,4-10H2,1-3H3. The SMILES string of the molecule is Cn1nnc(CN2CC(C)(C3CC3)NCC2(C)C2CC2)n1. The summed E-state index contributed by atoms with van der Waals surface area (Å²) in [6.07, 6.45) is 5.48. The summed E-state index contributed by atoms with van der Waals surface area (Å²) in [5, 5.41) is 16.5. The van der Waals surface area contributed by atoms with Crippen LogP contribution in [0.15, 0.2) is 0 Å². The van der Waals surface area contributed by atoms with Crippen molar-refractivity contribution in [2.75, 3.05) is 13.1 Å². The molecule has 116 valence electrons. The van der Waals surface area contributed by atoms with E-state index in [0.717, 1.165) is 37.3 Å². The Balaban J connectivity index is 1.57. The fourth-order valence-corrected chi connectivity index (χ4v) is 4.02. The van der Waals surface area contributed by atoms with E-state index < -0.39 is 0 Å². The maximum Gasteiger partial charge on any atom is 0.188 e. The van der Waals surface area contributed by atoms with Crippen LogP contribution < -0.4 is 5.32 Å². The highest BCUT2D eigenvalue weighted by Crippen LogP contribution is 2.48. The highest BCUT2D eigenvalue weighted by atomic mass is 15.6. The third kappa shape index (κ3) is 2.38. The zero-order valence-corrected chi connectivity index (χ0v) is 13.3. The first-order chi connectivity index (χ1) is 9.99. The van der Waals surface area contributed by atoms with Crippen LogP contribution in [0.5, 0.6) is 0 Å². The van der Waals surface area contributed by atoms with Crippen molar-refractivity contribution in [1.29, 1.82) is 0 Å². The molecule has 1 aliphatic heterocycles. The molecular weight excluding hydrogens is 264 g/mol. The topological polar surface area (TPSA) is 58.9 Å². The quantitative estimate of drug-likeness (QED) is 0.895.